The minimum Gasteiger partial charge on any atom is -0.353 e. The number of halogens is 4. The first-order valence-electron chi connectivity index (χ1n) is 11.1. The third-order valence-corrected chi connectivity index (χ3v) is 6.37. The Morgan fingerprint density at radius 1 is 1.16 bits per heavy atom. The molecule has 176 valence electrons. The fourth-order valence-electron chi connectivity index (χ4n) is 4.08. The summed E-state index contributed by atoms with van der Waals surface area (Å²) < 4.78 is 53.8. The molecule has 8 heteroatoms. The van der Waals surface area contributed by atoms with Crippen molar-refractivity contribution in [1.82, 2.24) is 9.80 Å². The first kappa shape index (κ1) is 24.4. The van der Waals surface area contributed by atoms with Crippen molar-refractivity contribution in [1.29, 1.82) is 0 Å². The van der Waals surface area contributed by atoms with E-state index in [-0.39, 0.29) is 17.3 Å². The van der Waals surface area contributed by atoms with Crippen LogP contribution in [-0.4, -0.2) is 60.6 Å². The van der Waals surface area contributed by atoms with Crippen molar-refractivity contribution in [3.63, 3.8) is 0 Å². The van der Waals surface area contributed by atoms with E-state index >= 15 is 0 Å². The molecule has 2 heterocycles. The number of alkyl halides is 3. The Hall–Kier alpha value is -2.22. The number of aryl methyl sites for hydroxylation is 1. The Bertz CT molecular complexity index is 925. The number of aliphatic imine (C=N–C) groups is 2. The molecule has 2 aliphatic heterocycles. The van der Waals surface area contributed by atoms with Gasteiger partial charge >= 0.3 is 6.18 Å². The van der Waals surface area contributed by atoms with Crippen LogP contribution in [0.25, 0.3) is 0 Å². The Labute approximate surface area is 187 Å². The summed E-state index contributed by atoms with van der Waals surface area (Å²) >= 11 is 0. The van der Waals surface area contributed by atoms with E-state index in [0.717, 1.165) is 50.4 Å². The molecular formula is C24H32F4N4. The standard InChI is InChI=1S/C24H32F4N4/c1-6-18-11-15(2)17(4)29-22(13-18)23(32-9-7-31(5)8-10-32)30-21-14-20(25)19(12-16(21)3)24(26,27)28/h11-12,14,17-18H,6-10,13H2,1-5H3. The maximum atomic E-state index is 14.4. The molecule has 4 nitrogen and oxygen atoms in total. The van der Waals surface area contributed by atoms with E-state index in [4.69, 9.17) is 9.98 Å². The van der Waals surface area contributed by atoms with Crippen LogP contribution in [0.5, 0.6) is 0 Å². The van der Waals surface area contributed by atoms with Gasteiger partial charge in [-0.05, 0) is 58.2 Å². The van der Waals surface area contributed by atoms with Crippen LogP contribution >= 0.6 is 0 Å². The van der Waals surface area contributed by atoms with Crippen molar-refractivity contribution in [3.8, 4) is 0 Å². The maximum Gasteiger partial charge on any atom is 0.419 e. The smallest absolute Gasteiger partial charge is 0.353 e. The van der Waals surface area contributed by atoms with E-state index < -0.39 is 17.6 Å². The third-order valence-electron chi connectivity index (χ3n) is 6.37. The zero-order chi connectivity index (χ0) is 23.6. The molecule has 0 radical (unpaired) electrons. The summed E-state index contributed by atoms with van der Waals surface area (Å²) in [6.07, 6.45) is -0.833. The van der Waals surface area contributed by atoms with Crippen molar-refractivity contribution >= 4 is 17.2 Å². The average Bonchev–Trinajstić information content (AvgIpc) is 2.86. The van der Waals surface area contributed by atoms with Gasteiger partial charge < -0.3 is 9.80 Å². The lowest BCUT2D eigenvalue weighted by molar-refractivity contribution is -0.140. The minimum atomic E-state index is -4.74. The number of hydrogen-bond acceptors (Lipinski definition) is 3. The van der Waals surface area contributed by atoms with Crippen LogP contribution in [0.2, 0.25) is 0 Å². The normalized spacial score (nSPS) is 23.7. The van der Waals surface area contributed by atoms with Crippen LogP contribution in [-0.2, 0) is 6.18 Å². The van der Waals surface area contributed by atoms with Crippen molar-refractivity contribution in [2.75, 3.05) is 33.2 Å². The van der Waals surface area contributed by atoms with Gasteiger partial charge in [0, 0.05) is 32.2 Å². The van der Waals surface area contributed by atoms with Crippen LogP contribution in [0.15, 0.2) is 33.8 Å². The zero-order valence-corrected chi connectivity index (χ0v) is 19.4. The van der Waals surface area contributed by atoms with E-state index in [1.54, 1.807) is 0 Å². The van der Waals surface area contributed by atoms with Gasteiger partial charge in [-0.2, -0.15) is 13.2 Å². The lowest BCUT2D eigenvalue weighted by Gasteiger charge is -2.35. The highest BCUT2D eigenvalue weighted by atomic mass is 19.4. The van der Waals surface area contributed by atoms with Crippen molar-refractivity contribution in [2.45, 2.75) is 52.8 Å². The molecule has 2 atom stereocenters. The summed E-state index contributed by atoms with van der Waals surface area (Å²) in [5, 5.41) is 0. The van der Waals surface area contributed by atoms with Gasteiger partial charge in [-0.25, -0.2) is 9.38 Å². The molecule has 0 spiro atoms. The van der Waals surface area contributed by atoms with Gasteiger partial charge in [-0.1, -0.05) is 18.6 Å². The predicted molar refractivity (Wildman–Crippen MR) is 121 cm³/mol. The van der Waals surface area contributed by atoms with Crippen molar-refractivity contribution in [3.05, 3.63) is 40.7 Å². The fourth-order valence-corrected chi connectivity index (χ4v) is 4.08. The molecule has 2 aliphatic rings. The first-order chi connectivity index (χ1) is 15.0. The second-order valence-electron chi connectivity index (χ2n) is 8.88. The SMILES string of the molecule is CCC1C=C(C)C(C)N=C(C(=Nc2cc(F)c(C(F)(F)F)cc2C)N2CCN(C)CC2)C1. The summed E-state index contributed by atoms with van der Waals surface area (Å²) in [7, 11) is 2.05. The second kappa shape index (κ2) is 9.73. The molecule has 0 N–H and O–H groups in total. The van der Waals surface area contributed by atoms with Gasteiger partial charge in [0.25, 0.3) is 0 Å². The molecule has 1 fully saturated rings. The number of piperazine rings is 1. The van der Waals surface area contributed by atoms with E-state index in [2.05, 4.69) is 36.8 Å². The van der Waals surface area contributed by atoms with Gasteiger partial charge in [0.1, 0.15) is 5.82 Å². The number of nitrogens with zero attached hydrogens (tertiary/aromatic N) is 4. The molecule has 3 rings (SSSR count). The molecule has 1 aromatic rings. The average molecular weight is 453 g/mol. The molecule has 1 aromatic carbocycles. The Kier molecular flexibility index (Phi) is 7.43. The molecule has 2 unspecified atom stereocenters. The quantitative estimate of drug-likeness (QED) is 0.257. The number of hydrogen-bond donors (Lipinski definition) is 0. The highest BCUT2D eigenvalue weighted by Gasteiger charge is 2.35. The van der Waals surface area contributed by atoms with Crippen LogP contribution in [0.3, 0.4) is 0 Å². The fraction of sp³-hybridized carbons (Fsp3) is 0.583. The van der Waals surface area contributed by atoms with Crippen LogP contribution in [0, 0.1) is 18.7 Å². The van der Waals surface area contributed by atoms with E-state index in [0.29, 0.717) is 18.2 Å². The monoisotopic (exact) mass is 452 g/mol. The topological polar surface area (TPSA) is 31.2 Å². The molecule has 0 aliphatic carbocycles. The highest BCUT2D eigenvalue weighted by Crippen LogP contribution is 2.35. The zero-order valence-electron chi connectivity index (χ0n) is 19.4. The summed E-state index contributed by atoms with van der Waals surface area (Å²) in [6.45, 7) is 10.9. The van der Waals surface area contributed by atoms with Gasteiger partial charge in [0.2, 0.25) is 0 Å². The minimum absolute atomic E-state index is 0.00958. The Morgan fingerprint density at radius 3 is 2.41 bits per heavy atom. The van der Waals surface area contributed by atoms with E-state index in [1.165, 1.54) is 12.5 Å². The number of amidine groups is 1. The summed E-state index contributed by atoms with van der Waals surface area (Å²) in [4.78, 5) is 14.0. The number of rotatable bonds is 3. The molecule has 32 heavy (non-hydrogen) atoms. The summed E-state index contributed by atoms with van der Waals surface area (Å²) in [6, 6.07) is 1.73. The van der Waals surface area contributed by atoms with Crippen LogP contribution in [0.1, 0.15) is 44.7 Å². The molecule has 0 saturated carbocycles. The predicted octanol–water partition coefficient (Wildman–Crippen LogP) is 5.64. The number of benzene rings is 1. The van der Waals surface area contributed by atoms with Crippen LogP contribution < -0.4 is 0 Å². The largest absolute Gasteiger partial charge is 0.419 e. The summed E-state index contributed by atoms with van der Waals surface area (Å²) in [5.41, 5.74) is 1.26. The van der Waals surface area contributed by atoms with Crippen LogP contribution in [0.4, 0.5) is 23.2 Å². The second-order valence-corrected chi connectivity index (χ2v) is 8.88. The van der Waals surface area contributed by atoms with Gasteiger partial charge in [0.15, 0.2) is 5.84 Å². The van der Waals surface area contributed by atoms with E-state index in [9.17, 15) is 17.6 Å². The maximum absolute atomic E-state index is 14.4. The van der Waals surface area contributed by atoms with E-state index in [1.807, 2.05) is 6.92 Å². The van der Waals surface area contributed by atoms with Crippen molar-refractivity contribution in [2.24, 2.45) is 15.9 Å². The molecule has 1 saturated heterocycles. The molecule has 0 aromatic heterocycles. The van der Waals surface area contributed by atoms with Crippen molar-refractivity contribution < 1.29 is 17.6 Å². The summed E-state index contributed by atoms with van der Waals surface area (Å²) in [5.74, 6) is -0.352. The lowest BCUT2D eigenvalue weighted by atomic mass is 9.96. The molecule has 0 amide bonds. The number of allylic oxidation sites excluding steroid dienone is 1. The Morgan fingerprint density at radius 2 is 1.81 bits per heavy atom. The van der Waals surface area contributed by atoms with Gasteiger partial charge in [-0.3, -0.25) is 4.99 Å². The lowest BCUT2D eigenvalue weighted by Crippen LogP contribution is -2.49. The third kappa shape index (κ3) is 5.57. The Balaban J connectivity index is 2.09. The first-order valence-corrected chi connectivity index (χ1v) is 11.1. The molecular weight excluding hydrogens is 420 g/mol. The van der Waals surface area contributed by atoms with Gasteiger partial charge in [-0.15, -0.1) is 0 Å². The molecule has 0 bridgehead atoms. The highest BCUT2D eigenvalue weighted by molar-refractivity contribution is 6.42. The number of likely N-dealkylation sites (N-methyl/N-ethyl adjacent to an activating group) is 1. The van der Waals surface area contributed by atoms with Gasteiger partial charge in [0.05, 0.1) is 23.0 Å².